The third-order valence-electron chi connectivity index (χ3n) is 2.19. The Morgan fingerprint density at radius 2 is 2.20 bits per heavy atom. The Balaban J connectivity index is 5.14. The van der Waals surface area contributed by atoms with Crippen LogP contribution in [0.4, 0.5) is 4.39 Å². The number of carbonyl (C=O) groups is 1. The van der Waals surface area contributed by atoms with Crippen molar-refractivity contribution in [1.29, 1.82) is 0 Å². The van der Waals surface area contributed by atoms with Crippen LogP contribution in [0.3, 0.4) is 0 Å². The molecule has 6 heteroatoms. The third-order valence-corrected chi connectivity index (χ3v) is 2.92. The summed E-state index contributed by atoms with van der Waals surface area (Å²) < 4.78 is 12.8. The summed E-state index contributed by atoms with van der Waals surface area (Å²) in [5.41, 5.74) is -0.884. The number of hydrogen-bond acceptors (Lipinski definition) is 4. The third kappa shape index (κ3) is 3.37. The topological polar surface area (TPSA) is 61.7 Å². The molecular weight excluding hydrogens is 219 g/mol. The van der Waals surface area contributed by atoms with Gasteiger partial charge in [0.25, 0.3) is 0 Å². The highest BCUT2D eigenvalue weighted by Crippen LogP contribution is 2.31. The molecule has 0 fully saturated rings. The maximum absolute atomic E-state index is 12.8. The van der Waals surface area contributed by atoms with E-state index in [0.29, 0.717) is 0 Å². The minimum Gasteiger partial charge on any atom is -0.410 e. The number of thioether (sulfide) groups is 1. The van der Waals surface area contributed by atoms with Gasteiger partial charge in [0.15, 0.2) is 0 Å². The van der Waals surface area contributed by atoms with Crippen LogP contribution in [0.15, 0.2) is 5.16 Å². The molecule has 1 amide bonds. The number of carbonyl (C=O) groups excluding carboxylic acids is 1. The quantitative estimate of drug-likeness (QED) is 0.336. The number of nitrogens with zero attached hydrogens (tertiary/aromatic N) is 1. The summed E-state index contributed by atoms with van der Waals surface area (Å²) in [6.07, 6.45) is 1.68. The average Bonchev–Trinajstić information content (AvgIpc) is 2.24. The van der Waals surface area contributed by atoms with Crippen molar-refractivity contribution in [2.24, 2.45) is 16.5 Å². The van der Waals surface area contributed by atoms with E-state index in [-0.39, 0.29) is 11.0 Å². The lowest BCUT2D eigenvalue weighted by atomic mass is 9.80. The zero-order chi connectivity index (χ0) is 12.1. The molecule has 0 aromatic heterocycles. The maximum Gasteiger partial charge on any atom is 0.230 e. The van der Waals surface area contributed by atoms with Crippen LogP contribution in [0, 0.1) is 11.3 Å². The smallest absolute Gasteiger partial charge is 0.230 e. The van der Waals surface area contributed by atoms with Gasteiger partial charge in [-0.05, 0) is 6.26 Å². The second-order valence-electron chi connectivity index (χ2n) is 3.81. The molecule has 4 nitrogen and oxygen atoms in total. The minimum absolute atomic E-state index is 0.219. The van der Waals surface area contributed by atoms with Crippen molar-refractivity contribution in [3.8, 4) is 0 Å². The Kier molecular flexibility index (Phi) is 5.64. The van der Waals surface area contributed by atoms with Crippen LogP contribution < -0.4 is 5.32 Å². The summed E-state index contributed by atoms with van der Waals surface area (Å²) in [6, 6.07) is 0. The van der Waals surface area contributed by atoms with Crippen molar-refractivity contribution >= 4 is 22.7 Å². The van der Waals surface area contributed by atoms with Crippen LogP contribution in [0.25, 0.3) is 0 Å². The number of rotatable bonds is 4. The summed E-state index contributed by atoms with van der Waals surface area (Å²) in [4.78, 5) is 11.6. The average molecular weight is 236 g/mol. The van der Waals surface area contributed by atoms with Gasteiger partial charge in [0.05, 0.1) is 12.6 Å². The molecular formula is C9H17FN2O2S. The van der Waals surface area contributed by atoms with E-state index in [2.05, 4.69) is 10.5 Å². The van der Waals surface area contributed by atoms with Crippen LogP contribution >= 0.6 is 11.8 Å². The fourth-order valence-corrected chi connectivity index (χ4v) is 1.98. The molecule has 0 rings (SSSR count). The van der Waals surface area contributed by atoms with Gasteiger partial charge in [-0.15, -0.1) is 11.8 Å². The Labute approximate surface area is 93.3 Å². The van der Waals surface area contributed by atoms with E-state index < -0.39 is 18.0 Å². The highest BCUT2D eigenvalue weighted by Gasteiger charge is 2.39. The molecule has 0 heterocycles. The van der Waals surface area contributed by atoms with E-state index in [9.17, 15) is 9.18 Å². The fourth-order valence-electron chi connectivity index (χ4n) is 1.24. The molecule has 0 aromatic carbocycles. The molecule has 15 heavy (non-hydrogen) atoms. The first kappa shape index (κ1) is 14.2. The standard InChI is InChI=1S/C9H17FN2O2S/c1-9(2,5-10)6(7(13)11-3)8(12-14)15-4/h6,14H,5H2,1-4H3,(H,11,13). The second-order valence-corrected chi connectivity index (χ2v) is 4.64. The van der Waals surface area contributed by atoms with Gasteiger partial charge in [0, 0.05) is 12.5 Å². The number of hydrogen-bond donors (Lipinski definition) is 2. The first-order valence-electron chi connectivity index (χ1n) is 4.48. The number of oxime groups is 1. The molecule has 0 aliphatic rings. The highest BCUT2D eigenvalue weighted by molar-refractivity contribution is 8.13. The number of alkyl halides is 1. The van der Waals surface area contributed by atoms with E-state index in [1.807, 2.05) is 0 Å². The van der Waals surface area contributed by atoms with E-state index in [4.69, 9.17) is 5.21 Å². The largest absolute Gasteiger partial charge is 0.410 e. The predicted molar refractivity (Wildman–Crippen MR) is 60.0 cm³/mol. The van der Waals surface area contributed by atoms with Crippen molar-refractivity contribution < 1.29 is 14.4 Å². The van der Waals surface area contributed by atoms with E-state index in [0.717, 1.165) is 11.8 Å². The first-order chi connectivity index (χ1) is 6.94. The zero-order valence-corrected chi connectivity index (χ0v) is 10.2. The van der Waals surface area contributed by atoms with Crippen molar-refractivity contribution in [2.75, 3.05) is 20.0 Å². The molecule has 0 bridgehead atoms. The Hall–Kier alpha value is -0.780. The molecule has 0 saturated carbocycles. The van der Waals surface area contributed by atoms with Gasteiger partial charge in [-0.3, -0.25) is 9.18 Å². The van der Waals surface area contributed by atoms with Crippen molar-refractivity contribution in [2.45, 2.75) is 13.8 Å². The van der Waals surface area contributed by atoms with Crippen LogP contribution in [0.2, 0.25) is 0 Å². The number of nitrogens with one attached hydrogen (secondary N) is 1. The molecule has 0 saturated heterocycles. The Morgan fingerprint density at radius 3 is 2.47 bits per heavy atom. The molecule has 0 radical (unpaired) electrons. The molecule has 0 aromatic rings. The van der Waals surface area contributed by atoms with Gasteiger partial charge in [0.2, 0.25) is 5.91 Å². The molecule has 0 aliphatic heterocycles. The van der Waals surface area contributed by atoms with Crippen LogP contribution in [0.1, 0.15) is 13.8 Å². The van der Waals surface area contributed by atoms with Gasteiger partial charge in [-0.1, -0.05) is 19.0 Å². The van der Waals surface area contributed by atoms with E-state index in [1.165, 1.54) is 7.05 Å². The molecule has 1 atom stereocenters. The van der Waals surface area contributed by atoms with Crippen LogP contribution in [-0.4, -0.2) is 36.1 Å². The zero-order valence-electron chi connectivity index (χ0n) is 9.37. The SMILES string of the molecule is CNC(=O)C(C(=NO)SC)C(C)(C)CF. The summed E-state index contributed by atoms with van der Waals surface area (Å²) >= 11 is 1.14. The summed E-state index contributed by atoms with van der Waals surface area (Å²) in [6.45, 7) is 2.58. The van der Waals surface area contributed by atoms with Gasteiger partial charge < -0.3 is 10.5 Å². The summed E-state index contributed by atoms with van der Waals surface area (Å²) in [7, 11) is 1.47. The normalized spacial score (nSPS) is 14.9. The predicted octanol–water partition coefficient (Wildman–Crippen LogP) is 1.49. The monoisotopic (exact) mass is 236 g/mol. The van der Waals surface area contributed by atoms with Gasteiger partial charge in [-0.2, -0.15) is 0 Å². The lowest BCUT2D eigenvalue weighted by molar-refractivity contribution is -0.125. The Bertz CT molecular complexity index is 256. The Morgan fingerprint density at radius 1 is 1.67 bits per heavy atom. The minimum atomic E-state index is -0.884. The van der Waals surface area contributed by atoms with E-state index >= 15 is 0 Å². The first-order valence-corrected chi connectivity index (χ1v) is 5.70. The summed E-state index contributed by atoms with van der Waals surface area (Å²) in [5.74, 6) is -1.12. The van der Waals surface area contributed by atoms with Crippen molar-refractivity contribution in [3.05, 3.63) is 0 Å². The molecule has 2 N–H and O–H groups in total. The van der Waals surface area contributed by atoms with Gasteiger partial charge >= 0.3 is 0 Å². The maximum atomic E-state index is 12.8. The molecule has 88 valence electrons. The lowest BCUT2D eigenvalue weighted by Crippen LogP contribution is -2.43. The highest BCUT2D eigenvalue weighted by atomic mass is 32.2. The van der Waals surface area contributed by atoms with Crippen LogP contribution in [0.5, 0.6) is 0 Å². The van der Waals surface area contributed by atoms with E-state index in [1.54, 1.807) is 20.1 Å². The van der Waals surface area contributed by atoms with Crippen LogP contribution in [-0.2, 0) is 4.79 Å². The summed E-state index contributed by atoms with van der Waals surface area (Å²) in [5, 5.41) is 14.5. The second kappa shape index (κ2) is 5.95. The fraction of sp³-hybridized carbons (Fsp3) is 0.778. The molecule has 0 spiro atoms. The van der Waals surface area contributed by atoms with Gasteiger partial charge in [0.1, 0.15) is 5.04 Å². The van der Waals surface area contributed by atoms with Crippen molar-refractivity contribution in [1.82, 2.24) is 5.32 Å². The lowest BCUT2D eigenvalue weighted by Gasteiger charge is -2.29. The van der Waals surface area contributed by atoms with Gasteiger partial charge in [-0.25, -0.2) is 0 Å². The van der Waals surface area contributed by atoms with Crippen molar-refractivity contribution in [3.63, 3.8) is 0 Å². The number of halogens is 1. The molecule has 1 unspecified atom stereocenters. The molecule has 0 aliphatic carbocycles. The number of amides is 1.